The van der Waals surface area contributed by atoms with E-state index in [0.29, 0.717) is 12.1 Å². The molecule has 102 valence electrons. The molecular weight excluding hydrogens is 218 g/mol. The lowest BCUT2D eigenvalue weighted by Gasteiger charge is -2.25. The van der Waals surface area contributed by atoms with Crippen molar-refractivity contribution in [1.82, 2.24) is 5.32 Å². The molecule has 0 saturated carbocycles. The highest BCUT2D eigenvalue weighted by molar-refractivity contribution is 5.23. The minimum Gasteiger partial charge on any atom is -0.307 e. The Labute approximate surface area is 113 Å². The van der Waals surface area contributed by atoms with Gasteiger partial charge in [0.05, 0.1) is 0 Å². The lowest BCUT2D eigenvalue weighted by atomic mass is 9.96. The zero-order valence-electron chi connectivity index (χ0n) is 12.7. The van der Waals surface area contributed by atoms with Crippen LogP contribution >= 0.6 is 0 Å². The molecule has 2 unspecified atom stereocenters. The molecule has 0 saturated heterocycles. The summed E-state index contributed by atoms with van der Waals surface area (Å²) < 4.78 is 0. The van der Waals surface area contributed by atoms with Gasteiger partial charge in [0.15, 0.2) is 0 Å². The number of benzene rings is 1. The van der Waals surface area contributed by atoms with E-state index >= 15 is 0 Å². The summed E-state index contributed by atoms with van der Waals surface area (Å²) >= 11 is 0. The van der Waals surface area contributed by atoms with Crippen LogP contribution in [0, 0.1) is 12.8 Å². The molecule has 3 atom stereocenters. The van der Waals surface area contributed by atoms with Crippen LogP contribution in [0.5, 0.6) is 0 Å². The van der Waals surface area contributed by atoms with E-state index in [2.05, 4.69) is 64.2 Å². The molecule has 0 aliphatic carbocycles. The van der Waals surface area contributed by atoms with Crippen LogP contribution in [0.4, 0.5) is 0 Å². The molecule has 0 bridgehead atoms. The maximum atomic E-state index is 3.77. The zero-order chi connectivity index (χ0) is 13.5. The maximum absolute atomic E-state index is 3.77. The summed E-state index contributed by atoms with van der Waals surface area (Å²) in [4.78, 5) is 0. The van der Waals surface area contributed by atoms with Gasteiger partial charge in [-0.05, 0) is 38.2 Å². The highest BCUT2D eigenvalue weighted by atomic mass is 14.9. The third-order valence-electron chi connectivity index (χ3n) is 3.94. The highest BCUT2D eigenvalue weighted by Crippen LogP contribution is 2.18. The predicted octanol–water partition coefficient (Wildman–Crippen LogP) is 4.86. The van der Waals surface area contributed by atoms with Gasteiger partial charge >= 0.3 is 0 Å². The third-order valence-corrected chi connectivity index (χ3v) is 3.94. The normalized spacial score (nSPS) is 16.3. The minimum atomic E-state index is 0.444. The standard InChI is InChI=1S/C17H29N/c1-6-13(3)12-17(7-2)18-15(5)16-10-8-14(4)9-11-16/h8-11,13,15,17-18H,6-7,12H2,1-5H3/t13?,15-,17?/m1/s1. The van der Waals surface area contributed by atoms with Gasteiger partial charge < -0.3 is 5.32 Å². The second-order valence-electron chi connectivity index (χ2n) is 5.65. The lowest BCUT2D eigenvalue weighted by molar-refractivity contribution is 0.359. The summed E-state index contributed by atoms with van der Waals surface area (Å²) in [6.45, 7) is 11.3. The quantitative estimate of drug-likeness (QED) is 0.725. The second-order valence-corrected chi connectivity index (χ2v) is 5.65. The lowest BCUT2D eigenvalue weighted by Crippen LogP contribution is -2.32. The largest absolute Gasteiger partial charge is 0.307 e. The Morgan fingerprint density at radius 2 is 1.61 bits per heavy atom. The van der Waals surface area contributed by atoms with Crippen molar-refractivity contribution in [1.29, 1.82) is 0 Å². The summed E-state index contributed by atoms with van der Waals surface area (Å²) in [7, 11) is 0. The fourth-order valence-electron chi connectivity index (χ4n) is 2.31. The minimum absolute atomic E-state index is 0.444. The summed E-state index contributed by atoms with van der Waals surface area (Å²) in [6, 6.07) is 9.95. The Morgan fingerprint density at radius 1 is 1.00 bits per heavy atom. The van der Waals surface area contributed by atoms with Crippen molar-refractivity contribution in [3.8, 4) is 0 Å². The van der Waals surface area contributed by atoms with Crippen molar-refractivity contribution >= 4 is 0 Å². The molecule has 0 aromatic heterocycles. The molecule has 0 aliphatic rings. The van der Waals surface area contributed by atoms with Crippen LogP contribution < -0.4 is 5.32 Å². The Hall–Kier alpha value is -0.820. The van der Waals surface area contributed by atoms with Crippen molar-refractivity contribution in [2.24, 2.45) is 5.92 Å². The van der Waals surface area contributed by atoms with Crippen LogP contribution in [0.2, 0.25) is 0 Å². The molecule has 18 heavy (non-hydrogen) atoms. The number of nitrogens with one attached hydrogen (secondary N) is 1. The van der Waals surface area contributed by atoms with Crippen molar-refractivity contribution in [2.45, 2.75) is 66.0 Å². The van der Waals surface area contributed by atoms with Crippen molar-refractivity contribution in [2.75, 3.05) is 0 Å². The molecule has 0 radical (unpaired) electrons. The Bertz CT molecular complexity index is 328. The van der Waals surface area contributed by atoms with Crippen LogP contribution in [0.25, 0.3) is 0 Å². The maximum Gasteiger partial charge on any atom is 0.0294 e. The molecule has 0 heterocycles. The van der Waals surface area contributed by atoms with Gasteiger partial charge in [-0.15, -0.1) is 0 Å². The van der Waals surface area contributed by atoms with Crippen molar-refractivity contribution in [3.63, 3.8) is 0 Å². The van der Waals surface area contributed by atoms with Gasteiger partial charge in [0.25, 0.3) is 0 Å². The average Bonchev–Trinajstić information content (AvgIpc) is 2.38. The van der Waals surface area contributed by atoms with Crippen molar-refractivity contribution < 1.29 is 0 Å². The molecule has 1 nitrogen and oxygen atoms in total. The Balaban J connectivity index is 2.56. The van der Waals surface area contributed by atoms with E-state index in [9.17, 15) is 0 Å². The topological polar surface area (TPSA) is 12.0 Å². The second kappa shape index (κ2) is 7.58. The van der Waals surface area contributed by atoms with E-state index in [1.165, 1.54) is 30.4 Å². The Morgan fingerprint density at radius 3 is 2.11 bits per heavy atom. The first-order chi connectivity index (χ1) is 8.56. The smallest absolute Gasteiger partial charge is 0.0294 e. The summed E-state index contributed by atoms with van der Waals surface area (Å²) in [5.74, 6) is 0.813. The molecule has 1 N–H and O–H groups in total. The number of rotatable bonds is 7. The van der Waals surface area contributed by atoms with Gasteiger partial charge in [-0.2, -0.15) is 0 Å². The van der Waals surface area contributed by atoms with E-state index in [0.717, 1.165) is 5.92 Å². The van der Waals surface area contributed by atoms with Gasteiger partial charge in [-0.3, -0.25) is 0 Å². The Kier molecular flexibility index (Phi) is 6.42. The molecule has 1 rings (SSSR count). The SMILES string of the molecule is CCC(C)CC(CC)N[C@H](C)c1ccc(C)cc1. The first kappa shape index (κ1) is 15.2. The first-order valence-electron chi connectivity index (χ1n) is 7.39. The average molecular weight is 247 g/mol. The zero-order valence-corrected chi connectivity index (χ0v) is 12.7. The van der Waals surface area contributed by atoms with E-state index in [4.69, 9.17) is 0 Å². The van der Waals surface area contributed by atoms with Crippen LogP contribution in [-0.2, 0) is 0 Å². The van der Waals surface area contributed by atoms with E-state index in [1.807, 2.05) is 0 Å². The molecule has 0 amide bonds. The van der Waals surface area contributed by atoms with Crippen LogP contribution in [0.15, 0.2) is 24.3 Å². The number of hydrogen-bond donors (Lipinski definition) is 1. The molecular formula is C17H29N. The van der Waals surface area contributed by atoms with Crippen molar-refractivity contribution in [3.05, 3.63) is 35.4 Å². The van der Waals surface area contributed by atoms with Gasteiger partial charge in [0.1, 0.15) is 0 Å². The number of hydrogen-bond acceptors (Lipinski definition) is 1. The molecule has 0 aliphatic heterocycles. The van der Waals surface area contributed by atoms with Crippen LogP contribution in [0.3, 0.4) is 0 Å². The third kappa shape index (κ3) is 4.81. The summed E-state index contributed by atoms with van der Waals surface area (Å²) in [5, 5.41) is 3.77. The number of aryl methyl sites for hydroxylation is 1. The van der Waals surface area contributed by atoms with Gasteiger partial charge in [-0.25, -0.2) is 0 Å². The molecule has 1 aromatic rings. The van der Waals surface area contributed by atoms with Crippen LogP contribution in [-0.4, -0.2) is 6.04 Å². The van der Waals surface area contributed by atoms with Gasteiger partial charge in [0.2, 0.25) is 0 Å². The summed E-state index contributed by atoms with van der Waals surface area (Å²) in [5.41, 5.74) is 2.72. The van der Waals surface area contributed by atoms with Crippen LogP contribution in [0.1, 0.15) is 64.1 Å². The molecule has 0 spiro atoms. The van der Waals surface area contributed by atoms with Gasteiger partial charge in [0, 0.05) is 12.1 Å². The fourth-order valence-corrected chi connectivity index (χ4v) is 2.31. The van der Waals surface area contributed by atoms with E-state index < -0.39 is 0 Å². The highest BCUT2D eigenvalue weighted by Gasteiger charge is 2.14. The first-order valence-corrected chi connectivity index (χ1v) is 7.39. The summed E-state index contributed by atoms with van der Waals surface area (Å²) in [6.07, 6.45) is 3.76. The monoisotopic (exact) mass is 247 g/mol. The van der Waals surface area contributed by atoms with E-state index in [-0.39, 0.29) is 0 Å². The van der Waals surface area contributed by atoms with Gasteiger partial charge in [-0.1, -0.05) is 57.0 Å². The molecule has 0 fully saturated rings. The van der Waals surface area contributed by atoms with E-state index in [1.54, 1.807) is 0 Å². The molecule has 1 aromatic carbocycles. The fraction of sp³-hybridized carbons (Fsp3) is 0.647. The predicted molar refractivity (Wildman–Crippen MR) is 80.9 cm³/mol. The molecule has 1 heteroatoms.